The van der Waals surface area contributed by atoms with Gasteiger partial charge in [0.1, 0.15) is 7.85 Å². The summed E-state index contributed by atoms with van der Waals surface area (Å²) >= 11 is 0. The van der Waals surface area contributed by atoms with E-state index in [2.05, 4.69) is 0 Å². The minimum Gasteiger partial charge on any atom is -0.504 e. The van der Waals surface area contributed by atoms with Crippen LogP contribution in [0, 0.1) is 13.8 Å². The molecule has 0 atom stereocenters. The summed E-state index contributed by atoms with van der Waals surface area (Å²) in [5.74, 6) is -0.248. The first kappa shape index (κ1) is 7.99. The second kappa shape index (κ2) is 2.49. The maximum Gasteiger partial charge on any atom is 0.159 e. The fourth-order valence-corrected chi connectivity index (χ4v) is 0.967. The number of benzene rings is 1. The van der Waals surface area contributed by atoms with Crippen molar-refractivity contribution in [2.45, 2.75) is 13.8 Å². The second-order valence-electron chi connectivity index (χ2n) is 2.60. The van der Waals surface area contributed by atoms with Crippen LogP contribution in [0.3, 0.4) is 0 Å². The van der Waals surface area contributed by atoms with Crippen LogP contribution in [0.5, 0.6) is 11.5 Å². The largest absolute Gasteiger partial charge is 0.504 e. The lowest BCUT2D eigenvalue weighted by molar-refractivity contribution is 0.401. The molecule has 0 fully saturated rings. The van der Waals surface area contributed by atoms with Crippen molar-refractivity contribution in [2.24, 2.45) is 0 Å². The number of hydrogen-bond donors (Lipinski definition) is 2. The molecule has 1 aromatic carbocycles. The summed E-state index contributed by atoms with van der Waals surface area (Å²) in [7, 11) is 5.58. The van der Waals surface area contributed by atoms with Gasteiger partial charge < -0.3 is 10.2 Å². The number of phenols is 2. The van der Waals surface area contributed by atoms with Crippen molar-refractivity contribution in [3.8, 4) is 11.5 Å². The molecule has 11 heavy (non-hydrogen) atoms. The topological polar surface area (TPSA) is 40.5 Å². The van der Waals surface area contributed by atoms with Crippen LogP contribution in [-0.4, -0.2) is 18.1 Å². The molecule has 2 N–H and O–H groups in total. The Morgan fingerprint density at radius 2 is 1.82 bits per heavy atom. The molecule has 0 saturated heterocycles. The Morgan fingerprint density at radius 1 is 1.27 bits per heavy atom. The van der Waals surface area contributed by atoms with Gasteiger partial charge in [0.2, 0.25) is 0 Å². The van der Waals surface area contributed by atoms with Crippen molar-refractivity contribution >= 4 is 13.3 Å². The Kier molecular flexibility index (Phi) is 1.81. The fourth-order valence-electron chi connectivity index (χ4n) is 0.967. The van der Waals surface area contributed by atoms with Gasteiger partial charge in [-0.1, -0.05) is 11.0 Å². The predicted molar refractivity (Wildman–Crippen MR) is 44.6 cm³/mol. The first-order chi connectivity index (χ1) is 5.04. The van der Waals surface area contributed by atoms with Crippen molar-refractivity contribution in [1.29, 1.82) is 0 Å². The zero-order valence-electron chi connectivity index (χ0n) is 6.55. The summed E-state index contributed by atoms with van der Waals surface area (Å²) in [5, 5.41) is 18.3. The number of phenolic OH excluding ortho intramolecular Hbond substituents is 2. The molecule has 0 aliphatic heterocycles. The zero-order valence-corrected chi connectivity index (χ0v) is 6.55. The van der Waals surface area contributed by atoms with E-state index in [1.54, 1.807) is 13.8 Å². The van der Waals surface area contributed by atoms with Crippen molar-refractivity contribution in [3.05, 3.63) is 17.2 Å². The average Bonchev–Trinajstić information content (AvgIpc) is 1.97. The molecule has 2 nitrogen and oxygen atoms in total. The minimum absolute atomic E-state index is 0.116. The molecule has 0 bridgehead atoms. The second-order valence-corrected chi connectivity index (χ2v) is 2.60. The molecule has 56 valence electrons. The van der Waals surface area contributed by atoms with Gasteiger partial charge in [0, 0.05) is 0 Å². The standard InChI is InChI=1S/C8H9BO2/c1-4-3-6(10)8(11)5(2)7(4)9/h3,10-11H,1-2H3. The molecule has 0 amide bonds. The molecule has 1 aromatic rings. The van der Waals surface area contributed by atoms with E-state index in [4.69, 9.17) is 13.0 Å². The van der Waals surface area contributed by atoms with Gasteiger partial charge in [-0.05, 0) is 25.5 Å². The highest BCUT2D eigenvalue weighted by Crippen LogP contribution is 2.27. The maximum absolute atomic E-state index is 9.18. The van der Waals surface area contributed by atoms with Crippen molar-refractivity contribution in [3.63, 3.8) is 0 Å². The molecule has 3 heteroatoms. The lowest BCUT2D eigenvalue weighted by atomic mass is 9.86. The van der Waals surface area contributed by atoms with E-state index in [0.717, 1.165) is 5.56 Å². The molecule has 0 heterocycles. The van der Waals surface area contributed by atoms with Crippen LogP contribution < -0.4 is 5.46 Å². The highest BCUT2D eigenvalue weighted by atomic mass is 16.3. The van der Waals surface area contributed by atoms with Crippen LogP contribution in [0.15, 0.2) is 6.07 Å². The molecule has 0 saturated carbocycles. The molecule has 1 rings (SSSR count). The van der Waals surface area contributed by atoms with Gasteiger partial charge in [-0.15, -0.1) is 0 Å². The molecule has 0 aliphatic rings. The Balaban J connectivity index is 3.46. The first-order valence-corrected chi connectivity index (χ1v) is 3.31. The predicted octanol–water partition coefficient (Wildman–Crippen LogP) is 0.508. The van der Waals surface area contributed by atoms with Crippen molar-refractivity contribution in [2.75, 3.05) is 0 Å². The Hall–Kier alpha value is -1.12. The fraction of sp³-hybridized carbons (Fsp3) is 0.250. The third-order valence-corrected chi connectivity index (χ3v) is 1.78. The Morgan fingerprint density at radius 3 is 2.36 bits per heavy atom. The summed E-state index contributed by atoms with van der Waals surface area (Å²) in [6, 6.07) is 1.44. The van der Waals surface area contributed by atoms with E-state index in [1.807, 2.05) is 0 Å². The summed E-state index contributed by atoms with van der Waals surface area (Å²) in [6.45, 7) is 3.44. The third-order valence-electron chi connectivity index (χ3n) is 1.78. The van der Waals surface area contributed by atoms with Gasteiger partial charge in [-0.25, -0.2) is 0 Å². The van der Waals surface area contributed by atoms with E-state index in [-0.39, 0.29) is 11.5 Å². The Labute approximate surface area is 66.9 Å². The molecule has 0 spiro atoms. The first-order valence-electron chi connectivity index (χ1n) is 3.31. The quantitative estimate of drug-likeness (QED) is 0.415. The van der Waals surface area contributed by atoms with Crippen LogP contribution >= 0.6 is 0 Å². The summed E-state index contributed by atoms with van der Waals surface area (Å²) in [4.78, 5) is 0. The van der Waals surface area contributed by atoms with Gasteiger partial charge >= 0.3 is 0 Å². The minimum atomic E-state index is -0.131. The SMILES string of the molecule is [B]c1c(C)cc(O)c(O)c1C. The molecule has 0 aliphatic carbocycles. The maximum atomic E-state index is 9.18. The molecular weight excluding hydrogens is 139 g/mol. The van der Waals surface area contributed by atoms with Crippen LogP contribution in [0.1, 0.15) is 11.1 Å². The van der Waals surface area contributed by atoms with Gasteiger partial charge in [-0.3, -0.25) is 0 Å². The lowest BCUT2D eigenvalue weighted by Gasteiger charge is -2.08. The van der Waals surface area contributed by atoms with Gasteiger partial charge in [0.05, 0.1) is 0 Å². The van der Waals surface area contributed by atoms with Crippen molar-refractivity contribution < 1.29 is 10.2 Å². The van der Waals surface area contributed by atoms with E-state index in [0.29, 0.717) is 11.0 Å². The number of hydrogen-bond acceptors (Lipinski definition) is 2. The van der Waals surface area contributed by atoms with Gasteiger partial charge in [0.15, 0.2) is 11.5 Å². The van der Waals surface area contributed by atoms with Crippen LogP contribution in [-0.2, 0) is 0 Å². The van der Waals surface area contributed by atoms with E-state index in [9.17, 15) is 5.11 Å². The smallest absolute Gasteiger partial charge is 0.159 e. The van der Waals surface area contributed by atoms with Crippen molar-refractivity contribution in [1.82, 2.24) is 0 Å². The summed E-state index contributed by atoms with van der Waals surface area (Å²) in [6.07, 6.45) is 0. The van der Waals surface area contributed by atoms with E-state index in [1.165, 1.54) is 6.07 Å². The summed E-state index contributed by atoms with van der Waals surface area (Å²) < 4.78 is 0. The zero-order chi connectivity index (χ0) is 8.59. The third kappa shape index (κ3) is 1.18. The lowest BCUT2D eigenvalue weighted by Crippen LogP contribution is -2.11. The normalized spacial score (nSPS) is 10.0. The van der Waals surface area contributed by atoms with Gasteiger partial charge in [-0.2, -0.15) is 0 Å². The van der Waals surface area contributed by atoms with E-state index < -0.39 is 0 Å². The Bertz CT molecular complexity index is 268. The molecule has 2 radical (unpaired) electrons. The monoisotopic (exact) mass is 148 g/mol. The molecular formula is C8H9BO2. The van der Waals surface area contributed by atoms with E-state index >= 15 is 0 Å². The van der Waals surface area contributed by atoms with Gasteiger partial charge in [0.25, 0.3) is 0 Å². The number of rotatable bonds is 0. The number of aryl methyl sites for hydroxylation is 1. The highest BCUT2D eigenvalue weighted by molar-refractivity contribution is 6.34. The highest BCUT2D eigenvalue weighted by Gasteiger charge is 2.06. The molecule has 0 aromatic heterocycles. The van der Waals surface area contributed by atoms with Crippen LogP contribution in [0.2, 0.25) is 0 Å². The summed E-state index contributed by atoms with van der Waals surface area (Å²) in [5.41, 5.74) is 1.83. The number of aromatic hydroxyl groups is 2. The molecule has 0 unspecified atom stereocenters. The van der Waals surface area contributed by atoms with Crippen LogP contribution in [0.25, 0.3) is 0 Å². The average molecular weight is 148 g/mol. The van der Waals surface area contributed by atoms with Crippen LogP contribution in [0.4, 0.5) is 0 Å².